The van der Waals surface area contributed by atoms with E-state index in [9.17, 15) is 22.4 Å². The average Bonchev–Trinajstić information content (AvgIpc) is 2.90. The Kier molecular flexibility index (Phi) is 10.3. The minimum Gasteiger partial charge on any atom is -0.354 e. The van der Waals surface area contributed by atoms with Gasteiger partial charge in [0.25, 0.3) is 0 Å². The van der Waals surface area contributed by atoms with Crippen LogP contribution >= 0.6 is 11.6 Å². The largest absolute Gasteiger partial charge is 0.354 e. The molecule has 3 rings (SSSR count). The second kappa shape index (κ2) is 13.4. The molecule has 0 aromatic heterocycles. The smallest absolute Gasteiger partial charge is 0.244 e. The van der Waals surface area contributed by atoms with Gasteiger partial charge in [0.15, 0.2) is 0 Å². The van der Waals surface area contributed by atoms with Crippen LogP contribution in [0.25, 0.3) is 0 Å². The number of benzene rings is 3. The van der Waals surface area contributed by atoms with Crippen molar-refractivity contribution >= 4 is 39.1 Å². The van der Waals surface area contributed by atoms with Gasteiger partial charge in [-0.05, 0) is 35.7 Å². The minimum absolute atomic E-state index is 0.0435. The Morgan fingerprint density at radius 1 is 0.974 bits per heavy atom. The van der Waals surface area contributed by atoms with Gasteiger partial charge in [0.05, 0.1) is 17.0 Å². The molecule has 202 valence electrons. The molecule has 1 atom stereocenters. The molecule has 0 heterocycles. The van der Waals surface area contributed by atoms with Crippen LogP contribution in [0.2, 0.25) is 5.02 Å². The molecule has 0 aliphatic heterocycles. The molecule has 7 nitrogen and oxygen atoms in total. The van der Waals surface area contributed by atoms with E-state index in [1.54, 1.807) is 0 Å². The molecule has 0 unspecified atom stereocenters. The fourth-order valence-corrected chi connectivity index (χ4v) is 4.97. The third-order valence-corrected chi connectivity index (χ3v) is 7.32. The lowest BCUT2D eigenvalue weighted by Crippen LogP contribution is -2.53. The first kappa shape index (κ1) is 29.1. The minimum atomic E-state index is -3.96. The average molecular weight is 560 g/mol. The number of carbonyl (C=O) groups excluding carboxylic acids is 2. The zero-order valence-corrected chi connectivity index (χ0v) is 22.9. The zero-order chi connectivity index (χ0) is 27.7. The summed E-state index contributed by atoms with van der Waals surface area (Å²) in [7, 11) is -3.96. The SMILES string of the molecule is CCCNC(=O)[C@H](Cc1ccccc1)N(Cc1ccccc1)C(=O)CN(c1ccc(F)c(Cl)c1)S(C)(=O)=O. The van der Waals surface area contributed by atoms with Crippen molar-refractivity contribution in [2.45, 2.75) is 32.4 Å². The van der Waals surface area contributed by atoms with Gasteiger partial charge >= 0.3 is 0 Å². The first-order valence-corrected chi connectivity index (χ1v) is 14.4. The summed E-state index contributed by atoms with van der Waals surface area (Å²) in [6, 6.07) is 21.0. The lowest BCUT2D eigenvalue weighted by molar-refractivity contribution is -0.140. The van der Waals surface area contributed by atoms with Crippen LogP contribution in [0.3, 0.4) is 0 Å². The molecule has 0 saturated heterocycles. The number of carbonyl (C=O) groups is 2. The summed E-state index contributed by atoms with van der Waals surface area (Å²) in [5, 5.41) is 2.61. The van der Waals surface area contributed by atoms with Gasteiger partial charge in [0, 0.05) is 19.5 Å². The van der Waals surface area contributed by atoms with E-state index >= 15 is 0 Å². The highest BCUT2D eigenvalue weighted by Gasteiger charge is 2.33. The number of sulfonamides is 1. The van der Waals surface area contributed by atoms with Gasteiger partial charge in [-0.2, -0.15) is 0 Å². The summed E-state index contributed by atoms with van der Waals surface area (Å²) in [6.45, 7) is 1.84. The molecule has 1 N–H and O–H groups in total. The van der Waals surface area contributed by atoms with Crippen LogP contribution in [0, 0.1) is 5.82 Å². The van der Waals surface area contributed by atoms with Crippen molar-refractivity contribution in [1.82, 2.24) is 10.2 Å². The summed E-state index contributed by atoms with van der Waals surface area (Å²) in [6.07, 6.45) is 1.90. The fraction of sp³-hybridized carbons (Fsp3) is 0.286. The normalized spacial score (nSPS) is 12.0. The van der Waals surface area contributed by atoms with Gasteiger partial charge in [-0.3, -0.25) is 13.9 Å². The standard InChI is InChI=1S/C28H31ClFN3O4S/c1-3-16-31-28(35)26(17-21-10-6-4-7-11-21)32(19-22-12-8-5-9-13-22)27(34)20-33(38(2,36)37)23-14-15-25(30)24(29)18-23/h4-15,18,26H,3,16-17,19-20H2,1-2H3,(H,31,35)/t26-/m0/s1. The molecule has 0 aliphatic rings. The highest BCUT2D eigenvalue weighted by atomic mass is 35.5. The molecule has 10 heteroatoms. The van der Waals surface area contributed by atoms with E-state index in [4.69, 9.17) is 11.6 Å². The number of rotatable bonds is 12. The molecule has 0 saturated carbocycles. The van der Waals surface area contributed by atoms with E-state index in [0.29, 0.717) is 13.0 Å². The van der Waals surface area contributed by atoms with E-state index in [2.05, 4.69) is 5.32 Å². The Hall–Kier alpha value is -3.43. The van der Waals surface area contributed by atoms with Gasteiger partial charge < -0.3 is 10.2 Å². The van der Waals surface area contributed by atoms with Crippen molar-refractivity contribution in [3.05, 3.63) is 101 Å². The summed E-state index contributed by atoms with van der Waals surface area (Å²) in [5.74, 6) is -1.64. The van der Waals surface area contributed by atoms with Crippen molar-refractivity contribution in [1.29, 1.82) is 0 Å². The van der Waals surface area contributed by atoms with Crippen molar-refractivity contribution in [3.63, 3.8) is 0 Å². The maximum atomic E-state index is 13.9. The second-order valence-electron chi connectivity index (χ2n) is 8.87. The fourth-order valence-electron chi connectivity index (χ4n) is 3.95. The van der Waals surface area contributed by atoms with Gasteiger partial charge in [-0.1, -0.05) is 79.2 Å². The molecule has 0 aliphatic carbocycles. The molecule has 0 spiro atoms. The highest BCUT2D eigenvalue weighted by Crippen LogP contribution is 2.25. The zero-order valence-electron chi connectivity index (χ0n) is 21.3. The van der Waals surface area contributed by atoms with E-state index in [0.717, 1.165) is 33.8 Å². The van der Waals surface area contributed by atoms with E-state index in [1.807, 2.05) is 67.6 Å². The number of nitrogens with zero attached hydrogens (tertiary/aromatic N) is 2. The predicted molar refractivity (Wildman–Crippen MR) is 148 cm³/mol. The van der Waals surface area contributed by atoms with E-state index in [-0.39, 0.29) is 29.6 Å². The molecular weight excluding hydrogens is 529 g/mol. The van der Waals surface area contributed by atoms with Crippen LogP contribution in [0.5, 0.6) is 0 Å². The molecular formula is C28H31ClFN3O4S. The molecule has 38 heavy (non-hydrogen) atoms. The second-order valence-corrected chi connectivity index (χ2v) is 11.2. The van der Waals surface area contributed by atoms with Crippen LogP contribution in [0.15, 0.2) is 78.9 Å². The molecule has 2 amide bonds. The number of hydrogen-bond donors (Lipinski definition) is 1. The Balaban J connectivity index is 2.03. The van der Waals surface area contributed by atoms with E-state index in [1.165, 1.54) is 11.0 Å². The van der Waals surface area contributed by atoms with E-state index < -0.39 is 34.3 Å². The van der Waals surface area contributed by atoms with Crippen molar-refractivity contribution < 1.29 is 22.4 Å². The Morgan fingerprint density at radius 2 is 1.58 bits per heavy atom. The van der Waals surface area contributed by atoms with Gasteiger partial charge in [0.2, 0.25) is 21.8 Å². The lowest BCUT2D eigenvalue weighted by Gasteiger charge is -2.33. The maximum absolute atomic E-state index is 13.9. The lowest BCUT2D eigenvalue weighted by atomic mass is 10.0. The molecule has 0 radical (unpaired) electrons. The third kappa shape index (κ3) is 8.03. The first-order valence-electron chi connectivity index (χ1n) is 12.2. The Morgan fingerprint density at radius 3 is 2.13 bits per heavy atom. The van der Waals surface area contributed by atoms with Crippen LogP contribution in [-0.2, 0) is 32.6 Å². The van der Waals surface area contributed by atoms with Crippen LogP contribution in [-0.4, -0.2) is 50.5 Å². The van der Waals surface area contributed by atoms with Crippen molar-refractivity contribution in [3.8, 4) is 0 Å². The number of halogens is 2. The van der Waals surface area contributed by atoms with Crippen molar-refractivity contribution in [2.75, 3.05) is 23.7 Å². The monoisotopic (exact) mass is 559 g/mol. The van der Waals surface area contributed by atoms with Crippen LogP contribution in [0.4, 0.5) is 10.1 Å². The summed E-state index contributed by atoms with van der Waals surface area (Å²) < 4.78 is 40.1. The molecule has 3 aromatic rings. The predicted octanol–water partition coefficient (Wildman–Crippen LogP) is 4.41. The van der Waals surface area contributed by atoms with Crippen molar-refractivity contribution in [2.24, 2.45) is 0 Å². The number of hydrogen-bond acceptors (Lipinski definition) is 4. The van der Waals surface area contributed by atoms with Gasteiger partial charge in [-0.15, -0.1) is 0 Å². The van der Waals surface area contributed by atoms with Gasteiger partial charge in [-0.25, -0.2) is 12.8 Å². The first-order chi connectivity index (χ1) is 18.1. The summed E-state index contributed by atoms with van der Waals surface area (Å²) >= 11 is 5.90. The molecule has 0 fully saturated rings. The molecule has 0 bridgehead atoms. The highest BCUT2D eigenvalue weighted by molar-refractivity contribution is 7.92. The Labute approximate surface area is 228 Å². The van der Waals surface area contributed by atoms with Gasteiger partial charge in [0.1, 0.15) is 18.4 Å². The summed E-state index contributed by atoms with van der Waals surface area (Å²) in [5.41, 5.74) is 1.67. The number of anilines is 1. The quantitative estimate of drug-likeness (QED) is 0.356. The summed E-state index contributed by atoms with van der Waals surface area (Å²) in [4.78, 5) is 28.7. The number of amides is 2. The molecule has 3 aromatic carbocycles. The third-order valence-electron chi connectivity index (χ3n) is 5.89. The van der Waals surface area contributed by atoms with Crippen LogP contribution < -0.4 is 9.62 Å². The van der Waals surface area contributed by atoms with Crippen LogP contribution in [0.1, 0.15) is 24.5 Å². The number of nitrogens with one attached hydrogen (secondary N) is 1. The topological polar surface area (TPSA) is 86.8 Å². The maximum Gasteiger partial charge on any atom is 0.244 e. The Bertz CT molecular complexity index is 1340.